The van der Waals surface area contributed by atoms with Gasteiger partial charge in [-0.15, -0.1) is 0 Å². The standard InChI is InChI=1S/C12H10N4O/c1-15-6-3-9(7-15)11-10(8-17)16-5-2-4-13-12(16)14-11/h2-8H,1H3. The summed E-state index contributed by atoms with van der Waals surface area (Å²) in [7, 11) is 1.93. The fourth-order valence-electron chi connectivity index (χ4n) is 1.87. The topological polar surface area (TPSA) is 52.2 Å². The normalized spacial score (nSPS) is 10.9. The molecule has 0 aliphatic heterocycles. The molecule has 0 saturated carbocycles. The molecule has 5 nitrogen and oxygen atoms in total. The molecular formula is C12H10N4O. The van der Waals surface area contributed by atoms with Crippen LogP contribution in [-0.4, -0.2) is 25.2 Å². The molecule has 0 saturated heterocycles. The van der Waals surface area contributed by atoms with Crippen molar-refractivity contribution in [2.45, 2.75) is 0 Å². The number of hydrogen-bond donors (Lipinski definition) is 0. The van der Waals surface area contributed by atoms with E-state index in [0.717, 1.165) is 11.8 Å². The first-order valence-corrected chi connectivity index (χ1v) is 5.20. The third-order valence-electron chi connectivity index (χ3n) is 2.66. The molecule has 84 valence electrons. The van der Waals surface area contributed by atoms with Gasteiger partial charge in [0.1, 0.15) is 11.4 Å². The zero-order valence-electron chi connectivity index (χ0n) is 9.24. The maximum Gasteiger partial charge on any atom is 0.234 e. The van der Waals surface area contributed by atoms with Crippen LogP contribution in [0.2, 0.25) is 0 Å². The lowest BCUT2D eigenvalue weighted by Gasteiger charge is -1.94. The van der Waals surface area contributed by atoms with Crippen molar-refractivity contribution in [3.8, 4) is 11.3 Å². The molecule has 3 aromatic heterocycles. The highest BCUT2D eigenvalue weighted by molar-refractivity contribution is 5.85. The molecule has 17 heavy (non-hydrogen) atoms. The van der Waals surface area contributed by atoms with Gasteiger partial charge in [-0.2, -0.15) is 0 Å². The third kappa shape index (κ3) is 1.44. The molecule has 0 atom stereocenters. The summed E-state index contributed by atoms with van der Waals surface area (Å²) in [5.41, 5.74) is 2.11. The molecular weight excluding hydrogens is 216 g/mol. The van der Waals surface area contributed by atoms with E-state index in [9.17, 15) is 4.79 Å². The van der Waals surface area contributed by atoms with Crippen molar-refractivity contribution in [1.29, 1.82) is 0 Å². The molecule has 0 aliphatic carbocycles. The van der Waals surface area contributed by atoms with Crippen molar-refractivity contribution >= 4 is 12.1 Å². The number of rotatable bonds is 2. The number of aldehydes is 1. The fourth-order valence-corrected chi connectivity index (χ4v) is 1.87. The van der Waals surface area contributed by atoms with E-state index >= 15 is 0 Å². The van der Waals surface area contributed by atoms with E-state index in [4.69, 9.17) is 0 Å². The Bertz CT molecular complexity index is 695. The van der Waals surface area contributed by atoms with Crippen molar-refractivity contribution < 1.29 is 4.79 Å². The lowest BCUT2D eigenvalue weighted by Crippen LogP contribution is -1.92. The Kier molecular flexibility index (Phi) is 2.04. The van der Waals surface area contributed by atoms with Crippen LogP contribution < -0.4 is 0 Å². The molecule has 3 heterocycles. The molecule has 5 heteroatoms. The first-order chi connectivity index (χ1) is 8.29. The molecule has 0 N–H and O–H groups in total. The highest BCUT2D eigenvalue weighted by Crippen LogP contribution is 2.22. The van der Waals surface area contributed by atoms with Gasteiger partial charge >= 0.3 is 0 Å². The summed E-state index contributed by atoms with van der Waals surface area (Å²) < 4.78 is 3.61. The number of fused-ring (bicyclic) bond motifs is 1. The molecule has 0 aromatic carbocycles. The lowest BCUT2D eigenvalue weighted by atomic mass is 10.2. The maximum atomic E-state index is 11.2. The van der Waals surface area contributed by atoms with Gasteiger partial charge in [0.15, 0.2) is 6.29 Å². The number of carbonyl (C=O) groups excluding carboxylic acids is 1. The third-order valence-corrected chi connectivity index (χ3v) is 2.66. The van der Waals surface area contributed by atoms with Gasteiger partial charge < -0.3 is 4.57 Å². The number of hydrogen-bond acceptors (Lipinski definition) is 3. The van der Waals surface area contributed by atoms with Gasteiger partial charge in [-0.05, 0) is 12.1 Å². The molecule has 3 rings (SSSR count). The molecule has 0 spiro atoms. The SMILES string of the molecule is Cn1ccc(-c2nc3ncccn3c2C=O)c1. The summed E-state index contributed by atoms with van der Waals surface area (Å²) in [6.45, 7) is 0. The minimum absolute atomic E-state index is 0.527. The van der Waals surface area contributed by atoms with Crippen molar-refractivity contribution in [3.63, 3.8) is 0 Å². The number of aryl methyl sites for hydroxylation is 1. The van der Waals surface area contributed by atoms with E-state index in [1.165, 1.54) is 0 Å². The Hall–Kier alpha value is -2.43. The Balaban J connectivity index is 2.32. The summed E-state index contributed by atoms with van der Waals surface area (Å²) in [4.78, 5) is 19.7. The van der Waals surface area contributed by atoms with Crippen LogP contribution >= 0.6 is 0 Å². The minimum Gasteiger partial charge on any atom is -0.357 e. The predicted octanol–water partition coefficient (Wildman–Crippen LogP) is 1.55. The zero-order valence-corrected chi connectivity index (χ0v) is 9.24. The van der Waals surface area contributed by atoms with Crippen LogP contribution in [0.25, 0.3) is 17.0 Å². The van der Waals surface area contributed by atoms with E-state index in [-0.39, 0.29) is 0 Å². The summed E-state index contributed by atoms with van der Waals surface area (Å²) in [6, 6.07) is 3.70. The van der Waals surface area contributed by atoms with Crippen LogP contribution in [0.3, 0.4) is 0 Å². The highest BCUT2D eigenvalue weighted by Gasteiger charge is 2.14. The second kappa shape index (κ2) is 3.55. The van der Waals surface area contributed by atoms with E-state index in [1.807, 2.05) is 30.1 Å². The number of aromatic nitrogens is 4. The molecule has 3 aromatic rings. The van der Waals surface area contributed by atoms with Crippen molar-refractivity contribution in [2.24, 2.45) is 7.05 Å². The first kappa shape index (κ1) is 9.77. The van der Waals surface area contributed by atoms with Gasteiger partial charge in [0, 0.05) is 37.4 Å². The van der Waals surface area contributed by atoms with Gasteiger partial charge in [0.2, 0.25) is 5.78 Å². The average molecular weight is 226 g/mol. The summed E-state index contributed by atoms with van der Waals surface area (Å²) in [5.74, 6) is 0.536. The van der Waals surface area contributed by atoms with Crippen LogP contribution in [0, 0.1) is 0 Å². The largest absolute Gasteiger partial charge is 0.357 e. The van der Waals surface area contributed by atoms with Crippen LogP contribution in [0.1, 0.15) is 10.5 Å². The van der Waals surface area contributed by atoms with Gasteiger partial charge in [0.05, 0.1) is 0 Å². The summed E-state index contributed by atoms with van der Waals surface area (Å²) >= 11 is 0. The molecule has 0 unspecified atom stereocenters. The minimum atomic E-state index is 0.527. The second-order valence-electron chi connectivity index (χ2n) is 3.82. The number of nitrogens with zero attached hydrogens (tertiary/aromatic N) is 4. The van der Waals surface area contributed by atoms with E-state index < -0.39 is 0 Å². The lowest BCUT2D eigenvalue weighted by molar-refractivity contribution is 0.111. The van der Waals surface area contributed by atoms with E-state index in [1.54, 1.807) is 22.9 Å². The maximum absolute atomic E-state index is 11.2. The molecule has 0 aliphatic rings. The molecule has 0 bridgehead atoms. The molecule has 0 amide bonds. The van der Waals surface area contributed by atoms with Crippen LogP contribution in [0.15, 0.2) is 36.9 Å². The van der Waals surface area contributed by atoms with E-state index in [2.05, 4.69) is 9.97 Å². The highest BCUT2D eigenvalue weighted by atomic mass is 16.1. The summed E-state index contributed by atoms with van der Waals surface area (Å²) in [6.07, 6.45) is 8.09. The quantitative estimate of drug-likeness (QED) is 0.623. The zero-order chi connectivity index (χ0) is 11.8. The number of imidazole rings is 1. The van der Waals surface area contributed by atoms with Gasteiger partial charge in [-0.1, -0.05) is 0 Å². The van der Waals surface area contributed by atoms with Gasteiger partial charge in [-0.25, -0.2) is 9.97 Å². The van der Waals surface area contributed by atoms with Gasteiger partial charge in [0.25, 0.3) is 0 Å². The van der Waals surface area contributed by atoms with E-state index in [0.29, 0.717) is 17.2 Å². The van der Waals surface area contributed by atoms with Crippen molar-refractivity contribution in [3.05, 3.63) is 42.6 Å². The molecule has 0 fully saturated rings. The Labute approximate surface area is 97.4 Å². The van der Waals surface area contributed by atoms with Crippen molar-refractivity contribution in [2.75, 3.05) is 0 Å². The van der Waals surface area contributed by atoms with Crippen LogP contribution in [-0.2, 0) is 7.05 Å². The van der Waals surface area contributed by atoms with Crippen molar-refractivity contribution in [1.82, 2.24) is 18.9 Å². The fraction of sp³-hybridized carbons (Fsp3) is 0.0833. The first-order valence-electron chi connectivity index (χ1n) is 5.20. The summed E-state index contributed by atoms with van der Waals surface area (Å²) in [5, 5.41) is 0. The Morgan fingerprint density at radius 3 is 2.94 bits per heavy atom. The second-order valence-corrected chi connectivity index (χ2v) is 3.82. The molecule has 0 radical (unpaired) electrons. The predicted molar refractivity (Wildman–Crippen MR) is 62.8 cm³/mol. The average Bonchev–Trinajstić information content (AvgIpc) is 2.91. The van der Waals surface area contributed by atoms with Crippen LogP contribution in [0.4, 0.5) is 0 Å². The van der Waals surface area contributed by atoms with Gasteiger partial charge in [-0.3, -0.25) is 9.20 Å². The number of carbonyl (C=O) groups is 1. The Morgan fingerprint density at radius 1 is 1.35 bits per heavy atom. The van der Waals surface area contributed by atoms with Crippen LogP contribution in [0.5, 0.6) is 0 Å². The Morgan fingerprint density at radius 2 is 2.24 bits per heavy atom. The smallest absolute Gasteiger partial charge is 0.234 e. The monoisotopic (exact) mass is 226 g/mol.